The zero-order chi connectivity index (χ0) is 16.3. The van der Waals surface area contributed by atoms with Crippen LogP contribution >= 0.6 is 28.3 Å². The predicted molar refractivity (Wildman–Crippen MR) is 110 cm³/mol. The Morgan fingerprint density at radius 3 is 2.42 bits per heavy atom. The molecule has 0 aliphatic carbocycles. The molecule has 5 heteroatoms. The predicted octanol–water partition coefficient (Wildman–Crippen LogP) is 5.60. The quantitative estimate of drug-likeness (QED) is 0.349. The van der Waals surface area contributed by atoms with Crippen molar-refractivity contribution >= 4 is 39.2 Å². The van der Waals surface area contributed by atoms with Gasteiger partial charge in [-0.15, -0.1) is 12.4 Å². The lowest BCUT2D eigenvalue weighted by Crippen LogP contribution is -2.02. The van der Waals surface area contributed by atoms with E-state index in [1.165, 1.54) is 49.5 Å². The summed E-state index contributed by atoms with van der Waals surface area (Å²) in [6.07, 6.45) is 12.0. The van der Waals surface area contributed by atoms with E-state index in [9.17, 15) is 0 Å². The largest absolute Gasteiger partial charge is 0.494 e. The molecule has 24 heavy (non-hydrogen) atoms. The first-order valence-corrected chi connectivity index (χ1v) is 9.96. The van der Waals surface area contributed by atoms with Gasteiger partial charge in [-0.1, -0.05) is 48.0 Å². The Labute approximate surface area is 160 Å². The lowest BCUT2D eigenvalue weighted by Gasteiger charge is -2.07. The number of nitrogens with two attached hydrogens (primary N) is 1. The standard InChI is InChI=1S/C19H29BrN2O.ClH/c20-11-6-4-2-1-3-5-7-13-23-17-8-9-19-18(14-17)16(10-12-21)15-22-19;/h8-9,14-15,22H,1-7,10-13,21H2;1H. The fraction of sp³-hybridized carbons (Fsp3) is 0.579. The lowest BCUT2D eigenvalue weighted by atomic mass is 10.1. The third kappa shape index (κ3) is 7.04. The van der Waals surface area contributed by atoms with Crippen molar-refractivity contribution in [2.45, 2.75) is 51.4 Å². The Morgan fingerprint density at radius 2 is 1.71 bits per heavy atom. The molecule has 0 saturated heterocycles. The van der Waals surface area contributed by atoms with Crippen molar-refractivity contribution in [2.75, 3.05) is 18.5 Å². The van der Waals surface area contributed by atoms with Gasteiger partial charge in [0.2, 0.25) is 0 Å². The maximum atomic E-state index is 5.91. The number of ether oxygens (including phenoxy) is 1. The molecule has 0 aliphatic heterocycles. The molecule has 0 saturated carbocycles. The number of fused-ring (bicyclic) bond motifs is 1. The molecule has 2 rings (SSSR count). The van der Waals surface area contributed by atoms with Crippen molar-refractivity contribution in [3.8, 4) is 5.75 Å². The van der Waals surface area contributed by atoms with Gasteiger partial charge in [0, 0.05) is 22.4 Å². The number of unbranched alkanes of at least 4 members (excludes halogenated alkanes) is 6. The van der Waals surface area contributed by atoms with Crippen molar-refractivity contribution in [3.63, 3.8) is 0 Å². The van der Waals surface area contributed by atoms with Crippen molar-refractivity contribution < 1.29 is 4.74 Å². The summed E-state index contributed by atoms with van der Waals surface area (Å²) in [6.45, 7) is 1.48. The molecular weight excluding hydrogens is 388 g/mol. The molecule has 0 amide bonds. The Morgan fingerprint density at radius 1 is 1.00 bits per heavy atom. The molecule has 0 aliphatic rings. The van der Waals surface area contributed by atoms with E-state index >= 15 is 0 Å². The highest BCUT2D eigenvalue weighted by Crippen LogP contribution is 2.24. The molecule has 1 aromatic heterocycles. The van der Waals surface area contributed by atoms with Crippen LogP contribution in [0.1, 0.15) is 50.5 Å². The van der Waals surface area contributed by atoms with Crippen LogP contribution in [0.15, 0.2) is 24.4 Å². The second-order valence-corrected chi connectivity index (χ2v) is 6.87. The van der Waals surface area contributed by atoms with Crippen molar-refractivity contribution in [1.29, 1.82) is 0 Å². The van der Waals surface area contributed by atoms with Gasteiger partial charge in [-0.3, -0.25) is 0 Å². The van der Waals surface area contributed by atoms with Crippen LogP contribution < -0.4 is 10.5 Å². The maximum Gasteiger partial charge on any atom is 0.120 e. The van der Waals surface area contributed by atoms with E-state index in [1.54, 1.807) is 0 Å². The van der Waals surface area contributed by atoms with Crippen LogP contribution in [-0.2, 0) is 6.42 Å². The first-order valence-electron chi connectivity index (χ1n) is 8.84. The molecule has 0 atom stereocenters. The third-order valence-corrected chi connectivity index (χ3v) is 4.76. The number of aromatic nitrogens is 1. The van der Waals surface area contributed by atoms with E-state index in [4.69, 9.17) is 10.5 Å². The minimum Gasteiger partial charge on any atom is -0.494 e. The average molecular weight is 418 g/mol. The van der Waals surface area contributed by atoms with Gasteiger partial charge in [0.15, 0.2) is 0 Å². The summed E-state index contributed by atoms with van der Waals surface area (Å²) in [7, 11) is 0. The monoisotopic (exact) mass is 416 g/mol. The molecule has 136 valence electrons. The molecule has 0 fully saturated rings. The summed E-state index contributed by atoms with van der Waals surface area (Å²) in [4.78, 5) is 3.29. The van der Waals surface area contributed by atoms with Gasteiger partial charge in [-0.2, -0.15) is 0 Å². The smallest absolute Gasteiger partial charge is 0.120 e. The molecular formula is C19H30BrClN2O. The topological polar surface area (TPSA) is 51.0 Å². The fourth-order valence-electron chi connectivity index (χ4n) is 2.88. The molecule has 0 bridgehead atoms. The Hall–Kier alpha value is -0.710. The van der Waals surface area contributed by atoms with Crippen molar-refractivity contribution in [3.05, 3.63) is 30.0 Å². The van der Waals surface area contributed by atoms with Crippen LogP contribution in [0.2, 0.25) is 0 Å². The number of halogens is 2. The fourth-order valence-corrected chi connectivity index (χ4v) is 3.28. The van der Waals surface area contributed by atoms with Crippen LogP contribution in [0.3, 0.4) is 0 Å². The second kappa shape index (κ2) is 12.6. The molecule has 0 unspecified atom stereocenters. The highest BCUT2D eigenvalue weighted by atomic mass is 79.9. The number of nitrogens with one attached hydrogen (secondary N) is 1. The molecule has 1 heterocycles. The average Bonchev–Trinajstić information content (AvgIpc) is 2.96. The lowest BCUT2D eigenvalue weighted by molar-refractivity contribution is 0.304. The van der Waals surface area contributed by atoms with Gasteiger partial charge < -0.3 is 15.5 Å². The summed E-state index contributed by atoms with van der Waals surface area (Å²) < 4.78 is 5.91. The van der Waals surface area contributed by atoms with Crippen LogP contribution in [0.5, 0.6) is 5.75 Å². The van der Waals surface area contributed by atoms with Gasteiger partial charge in [0.25, 0.3) is 0 Å². The number of hydrogen-bond acceptors (Lipinski definition) is 2. The molecule has 3 N–H and O–H groups in total. The Bertz CT molecular complexity index is 573. The van der Waals surface area contributed by atoms with E-state index in [-0.39, 0.29) is 12.4 Å². The summed E-state index contributed by atoms with van der Waals surface area (Å²) in [5.41, 5.74) is 8.10. The minimum atomic E-state index is 0. The summed E-state index contributed by atoms with van der Waals surface area (Å²) >= 11 is 3.48. The first-order chi connectivity index (χ1) is 11.3. The molecule has 0 radical (unpaired) electrons. The van der Waals surface area contributed by atoms with Crippen LogP contribution in [0.25, 0.3) is 10.9 Å². The number of hydrogen-bond donors (Lipinski definition) is 2. The molecule has 1 aromatic carbocycles. The number of alkyl halides is 1. The first kappa shape index (κ1) is 21.3. The number of rotatable bonds is 12. The number of aromatic amines is 1. The normalized spacial score (nSPS) is 10.8. The Balaban J connectivity index is 0.00000288. The summed E-state index contributed by atoms with van der Waals surface area (Å²) in [5.74, 6) is 0.965. The van der Waals surface area contributed by atoms with E-state index in [2.05, 4.69) is 39.2 Å². The molecule has 3 nitrogen and oxygen atoms in total. The van der Waals surface area contributed by atoms with Gasteiger partial charge in [0.1, 0.15) is 5.75 Å². The van der Waals surface area contributed by atoms with Gasteiger partial charge in [0.05, 0.1) is 6.61 Å². The molecule has 2 aromatic rings. The van der Waals surface area contributed by atoms with Gasteiger partial charge in [-0.05, 0) is 49.6 Å². The number of H-pyrrole nitrogens is 1. The summed E-state index contributed by atoms with van der Waals surface area (Å²) in [6, 6.07) is 6.27. The van der Waals surface area contributed by atoms with Crippen LogP contribution in [-0.4, -0.2) is 23.5 Å². The summed E-state index contributed by atoms with van der Waals surface area (Å²) in [5, 5.41) is 2.37. The highest BCUT2D eigenvalue weighted by Gasteiger charge is 2.04. The Kier molecular flexibility index (Phi) is 11.2. The second-order valence-electron chi connectivity index (χ2n) is 6.07. The van der Waals surface area contributed by atoms with E-state index in [0.717, 1.165) is 36.0 Å². The van der Waals surface area contributed by atoms with Gasteiger partial charge in [-0.25, -0.2) is 0 Å². The van der Waals surface area contributed by atoms with Crippen molar-refractivity contribution in [1.82, 2.24) is 4.98 Å². The molecule has 0 spiro atoms. The highest BCUT2D eigenvalue weighted by molar-refractivity contribution is 9.09. The zero-order valence-corrected chi connectivity index (χ0v) is 16.8. The van der Waals surface area contributed by atoms with E-state index < -0.39 is 0 Å². The van der Waals surface area contributed by atoms with Crippen LogP contribution in [0.4, 0.5) is 0 Å². The maximum absolute atomic E-state index is 5.91. The van der Waals surface area contributed by atoms with E-state index in [0.29, 0.717) is 6.54 Å². The van der Waals surface area contributed by atoms with Crippen LogP contribution in [0, 0.1) is 0 Å². The SMILES string of the molecule is Cl.NCCc1c[nH]c2ccc(OCCCCCCCCCBr)cc12. The van der Waals surface area contributed by atoms with Crippen molar-refractivity contribution in [2.24, 2.45) is 5.73 Å². The third-order valence-electron chi connectivity index (χ3n) is 4.20. The van der Waals surface area contributed by atoms with Gasteiger partial charge >= 0.3 is 0 Å². The number of benzene rings is 1. The minimum absolute atomic E-state index is 0. The van der Waals surface area contributed by atoms with E-state index in [1.807, 2.05) is 6.07 Å². The zero-order valence-electron chi connectivity index (χ0n) is 14.4.